The molecule has 1 atom stereocenters. The van der Waals surface area contributed by atoms with E-state index < -0.39 is 0 Å². The van der Waals surface area contributed by atoms with Gasteiger partial charge in [-0.15, -0.1) is 0 Å². The Balaban J connectivity index is 1.77. The van der Waals surface area contributed by atoms with Gasteiger partial charge in [0.25, 0.3) is 0 Å². The number of nitrogens with one attached hydrogen (secondary N) is 1. The van der Waals surface area contributed by atoms with Crippen LogP contribution in [0.5, 0.6) is 0 Å². The Hall–Kier alpha value is 0.230. The van der Waals surface area contributed by atoms with E-state index >= 15 is 0 Å². The lowest BCUT2D eigenvalue weighted by molar-refractivity contribution is 0.0938. The van der Waals surface area contributed by atoms with Crippen LogP contribution in [0.4, 0.5) is 0 Å². The Bertz CT molecular complexity index is 191. The summed E-state index contributed by atoms with van der Waals surface area (Å²) in [6.45, 7) is 4.44. The summed E-state index contributed by atoms with van der Waals surface area (Å²) in [5, 5.41) is 3.63. The lowest BCUT2D eigenvalue weighted by atomic mass is 10.2. The highest BCUT2D eigenvalue weighted by Crippen LogP contribution is 2.19. The monoisotopic (exact) mass is 244 g/mol. The van der Waals surface area contributed by atoms with Gasteiger partial charge in [-0.3, -0.25) is 4.90 Å². The summed E-state index contributed by atoms with van der Waals surface area (Å²) in [6, 6.07) is 1.38. The molecular formula is C12H24N2OS. The molecule has 0 bridgehead atoms. The summed E-state index contributed by atoms with van der Waals surface area (Å²) in [7, 11) is 1.82. The van der Waals surface area contributed by atoms with Crippen LogP contribution in [0, 0.1) is 0 Å². The van der Waals surface area contributed by atoms with Crippen LogP contribution in [0.2, 0.25) is 0 Å². The zero-order valence-electron chi connectivity index (χ0n) is 10.3. The van der Waals surface area contributed by atoms with Gasteiger partial charge in [-0.25, -0.2) is 0 Å². The topological polar surface area (TPSA) is 24.5 Å². The first-order valence-electron chi connectivity index (χ1n) is 6.44. The third-order valence-corrected chi connectivity index (χ3v) is 4.40. The molecule has 1 unspecified atom stereocenters. The number of methoxy groups -OCH3 is 1. The summed E-state index contributed by atoms with van der Waals surface area (Å²) in [5.41, 5.74) is 0. The van der Waals surface area contributed by atoms with Crippen molar-refractivity contribution in [2.45, 2.75) is 31.3 Å². The maximum Gasteiger partial charge on any atom is 0.0630 e. The normalized spacial score (nSPS) is 25.3. The van der Waals surface area contributed by atoms with Crippen LogP contribution in [0.1, 0.15) is 19.3 Å². The standard InChI is InChI=1S/C12H24N2OS/c1-15-10-12(9-13-11-3-4-11)14-5-2-7-16-8-6-14/h11-13H,2-10H2,1H3. The first-order valence-corrected chi connectivity index (χ1v) is 7.59. The van der Waals surface area contributed by atoms with Crippen molar-refractivity contribution in [3.63, 3.8) is 0 Å². The fraction of sp³-hybridized carbons (Fsp3) is 1.00. The number of ether oxygens (including phenoxy) is 1. The Kier molecular flexibility index (Phi) is 5.42. The summed E-state index contributed by atoms with van der Waals surface area (Å²) >= 11 is 2.09. The molecule has 0 spiro atoms. The molecule has 2 aliphatic rings. The highest BCUT2D eigenvalue weighted by molar-refractivity contribution is 7.99. The van der Waals surface area contributed by atoms with Gasteiger partial charge in [0.15, 0.2) is 0 Å². The zero-order chi connectivity index (χ0) is 11.2. The van der Waals surface area contributed by atoms with Crippen molar-refractivity contribution in [2.24, 2.45) is 0 Å². The Morgan fingerprint density at radius 3 is 3.00 bits per heavy atom. The zero-order valence-corrected chi connectivity index (χ0v) is 11.1. The lowest BCUT2D eigenvalue weighted by Gasteiger charge is -2.30. The molecule has 1 N–H and O–H groups in total. The van der Waals surface area contributed by atoms with Crippen LogP contribution in [0.15, 0.2) is 0 Å². The van der Waals surface area contributed by atoms with Crippen molar-refractivity contribution in [3.8, 4) is 0 Å². The van der Waals surface area contributed by atoms with Crippen molar-refractivity contribution >= 4 is 11.8 Å². The van der Waals surface area contributed by atoms with E-state index in [1.807, 2.05) is 7.11 Å². The summed E-state index contributed by atoms with van der Waals surface area (Å²) < 4.78 is 5.36. The molecule has 94 valence electrons. The van der Waals surface area contributed by atoms with Crippen LogP contribution in [0.3, 0.4) is 0 Å². The molecule has 1 saturated carbocycles. The van der Waals surface area contributed by atoms with Gasteiger partial charge in [0.05, 0.1) is 6.61 Å². The van der Waals surface area contributed by atoms with E-state index in [2.05, 4.69) is 22.0 Å². The molecule has 4 heteroatoms. The molecule has 0 aromatic heterocycles. The van der Waals surface area contributed by atoms with E-state index in [1.54, 1.807) is 0 Å². The first kappa shape index (κ1) is 12.7. The number of nitrogens with zero attached hydrogens (tertiary/aromatic N) is 1. The van der Waals surface area contributed by atoms with Gasteiger partial charge in [0.2, 0.25) is 0 Å². The van der Waals surface area contributed by atoms with Crippen molar-refractivity contribution in [3.05, 3.63) is 0 Å². The highest BCUT2D eigenvalue weighted by Gasteiger charge is 2.24. The average Bonchev–Trinajstić information content (AvgIpc) is 3.11. The third-order valence-electron chi connectivity index (χ3n) is 3.35. The van der Waals surface area contributed by atoms with Crippen molar-refractivity contribution in [2.75, 3.05) is 44.9 Å². The molecule has 1 aliphatic heterocycles. The molecule has 1 aliphatic carbocycles. The summed E-state index contributed by atoms with van der Waals surface area (Å²) in [4.78, 5) is 2.61. The fourth-order valence-corrected chi connectivity index (χ4v) is 3.11. The predicted molar refractivity (Wildman–Crippen MR) is 70.2 cm³/mol. The van der Waals surface area contributed by atoms with Crippen LogP contribution < -0.4 is 5.32 Å². The Morgan fingerprint density at radius 1 is 1.38 bits per heavy atom. The minimum atomic E-state index is 0.573. The predicted octanol–water partition coefficient (Wildman–Crippen LogP) is 1.19. The third kappa shape index (κ3) is 4.24. The smallest absolute Gasteiger partial charge is 0.0630 e. The average molecular weight is 244 g/mol. The maximum absolute atomic E-state index is 5.36. The van der Waals surface area contributed by atoms with Crippen molar-refractivity contribution < 1.29 is 4.74 Å². The molecule has 1 heterocycles. The van der Waals surface area contributed by atoms with Gasteiger partial charge < -0.3 is 10.1 Å². The fourth-order valence-electron chi connectivity index (χ4n) is 2.21. The van der Waals surface area contributed by atoms with E-state index in [4.69, 9.17) is 4.74 Å². The van der Waals surface area contributed by atoms with Crippen LogP contribution in [0.25, 0.3) is 0 Å². The number of rotatable bonds is 6. The molecule has 0 radical (unpaired) electrons. The lowest BCUT2D eigenvalue weighted by Crippen LogP contribution is -2.46. The second-order valence-electron chi connectivity index (χ2n) is 4.79. The molecule has 0 amide bonds. The van der Waals surface area contributed by atoms with E-state index in [9.17, 15) is 0 Å². The largest absolute Gasteiger partial charge is 0.383 e. The Morgan fingerprint density at radius 2 is 2.25 bits per heavy atom. The highest BCUT2D eigenvalue weighted by atomic mass is 32.2. The van der Waals surface area contributed by atoms with Gasteiger partial charge in [0.1, 0.15) is 0 Å². The van der Waals surface area contributed by atoms with E-state index in [-0.39, 0.29) is 0 Å². The second-order valence-corrected chi connectivity index (χ2v) is 6.02. The second kappa shape index (κ2) is 6.84. The van der Waals surface area contributed by atoms with Crippen molar-refractivity contribution in [1.29, 1.82) is 0 Å². The quantitative estimate of drug-likeness (QED) is 0.758. The summed E-state index contributed by atoms with van der Waals surface area (Å²) in [6.07, 6.45) is 4.07. The number of thioether (sulfide) groups is 1. The van der Waals surface area contributed by atoms with Gasteiger partial charge in [-0.2, -0.15) is 11.8 Å². The van der Waals surface area contributed by atoms with Gasteiger partial charge in [-0.1, -0.05) is 0 Å². The number of hydrogen-bond acceptors (Lipinski definition) is 4. The molecule has 1 saturated heterocycles. The van der Waals surface area contributed by atoms with Gasteiger partial charge in [-0.05, 0) is 31.6 Å². The van der Waals surface area contributed by atoms with Crippen LogP contribution in [-0.4, -0.2) is 61.8 Å². The van der Waals surface area contributed by atoms with E-state index in [0.29, 0.717) is 6.04 Å². The molecule has 3 nitrogen and oxygen atoms in total. The van der Waals surface area contributed by atoms with Crippen LogP contribution in [-0.2, 0) is 4.74 Å². The van der Waals surface area contributed by atoms with Gasteiger partial charge in [0, 0.05) is 38.0 Å². The SMILES string of the molecule is COCC(CNC1CC1)N1CCCSCC1. The van der Waals surface area contributed by atoms with Crippen LogP contribution >= 0.6 is 11.8 Å². The van der Waals surface area contributed by atoms with Gasteiger partial charge >= 0.3 is 0 Å². The molecule has 2 fully saturated rings. The minimum Gasteiger partial charge on any atom is -0.383 e. The molecule has 0 aromatic rings. The van der Waals surface area contributed by atoms with E-state index in [0.717, 1.165) is 19.2 Å². The maximum atomic E-state index is 5.36. The van der Waals surface area contributed by atoms with E-state index in [1.165, 1.54) is 43.9 Å². The molecule has 0 aromatic carbocycles. The summed E-state index contributed by atoms with van der Waals surface area (Å²) in [5.74, 6) is 2.61. The first-order chi connectivity index (χ1) is 7.90. The molecule has 16 heavy (non-hydrogen) atoms. The minimum absolute atomic E-state index is 0.573. The molecular weight excluding hydrogens is 220 g/mol. The molecule has 2 rings (SSSR count). The van der Waals surface area contributed by atoms with Crippen molar-refractivity contribution in [1.82, 2.24) is 10.2 Å². The Labute approximate surface area is 103 Å². The number of hydrogen-bond donors (Lipinski definition) is 1.